The zero-order chi connectivity index (χ0) is 11.5. The van der Waals surface area contributed by atoms with E-state index in [1.807, 2.05) is 31.2 Å². The Labute approximate surface area is 94.1 Å². The molecule has 0 saturated heterocycles. The van der Waals surface area contributed by atoms with Crippen LogP contribution in [0.5, 0.6) is 0 Å². The molecule has 1 heterocycles. The molecule has 3 nitrogen and oxygen atoms in total. The highest BCUT2D eigenvalue weighted by Crippen LogP contribution is 2.15. The maximum absolute atomic E-state index is 11.6. The van der Waals surface area contributed by atoms with Gasteiger partial charge in [-0.2, -0.15) is 0 Å². The quantitative estimate of drug-likeness (QED) is 0.738. The average Bonchev–Trinajstić information content (AvgIpc) is 2.28. The summed E-state index contributed by atoms with van der Waals surface area (Å²) < 4.78 is 4.82. The maximum atomic E-state index is 11.6. The van der Waals surface area contributed by atoms with Crippen LogP contribution in [0.1, 0.15) is 16.1 Å². The average molecular weight is 215 g/mol. The van der Waals surface area contributed by atoms with Crippen molar-refractivity contribution in [3.8, 4) is 0 Å². The Morgan fingerprint density at radius 1 is 1.31 bits per heavy atom. The summed E-state index contributed by atoms with van der Waals surface area (Å²) in [6, 6.07) is 9.42. The third-order valence-electron chi connectivity index (χ3n) is 2.43. The van der Waals surface area contributed by atoms with Gasteiger partial charge in [-0.15, -0.1) is 0 Å². The van der Waals surface area contributed by atoms with Crippen LogP contribution in [0.2, 0.25) is 0 Å². The lowest BCUT2D eigenvalue weighted by atomic mass is 10.1. The smallest absolute Gasteiger partial charge is 0.188 e. The van der Waals surface area contributed by atoms with Crippen LogP contribution in [-0.2, 0) is 4.74 Å². The first-order valence-corrected chi connectivity index (χ1v) is 5.10. The molecule has 0 amide bonds. The number of carbonyl (C=O) groups is 1. The van der Waals surface area contributed by atoms with E-state index >= 15 is 0 Å². The van der Waals surface area contributed by atoms with Gasteiger partial charge in [0.25, 0.3) is 0 Å². The standard InChI is InChI=1S/C13H13NO2/c1-9-3-4-10-7-11(13(15)8-16-2)5-6-12(10)14-9/h3-7H,8H2,1-2H3. The number of nitrogens with zero attached hydrogens (tertiary/aromatic N) is 1. The predicted octanol–water partition coefficient (Wildman–Crippen LogP) is 2.37. The van der Waals surface area contributed by atoms with Crippen molar-refractivity contribution >= 4 is 16.7 Å². The number of rotatable bonds is 3. The van der Waals surface area contributed by atoms with Crippen LogP contribution in [0.25, 0.3) is 10.9 Å². The first-order chi connectivity index (χ1) is 7.70. The first-order valence-electron chi connectivity index (χ1n) is 5.10. The fourth-order valence-electron chi connectivity index (χ4n) is 1.62. The summed E-state index contributed by atoms with van der Waals surface area (Å²) in [6.07, 6.45) is 0. The Morgan fingerprint density at radius 2 is 2.12 bits per heavy atom. The number of aromatic nitrogens is 1. The van der Waals surface area contributed by atoms with Crippen molar-refractivity contribution in [3.05, 3.63) is 41.6 Å². The molecule has 0 aliphatic carbocycles. The van der Waals surface area contributed by atoms with E-state index in [2.05, 4.69) is 4.98 Å². The van der Waals surface area contributed by atoms with Gasteiger partial charge < -0.3 is 4.74 Å². The number of carbonyl (C=O) groups excluding carboxylic acids is 1. The Morgan fingerprint density at radius 3 is 2.88 bits per heavy atom. The molecule has 2 rings (SSSR count). The summed E-state index contributed by atoms with van der Waals surface area (Å²) in [6.45, 7) is 2.06. The molecule has 1 aromatic heterocycles. The Balaban J connectivity index is 2.44. The van der Waals surface area contributed by atoms with Crippen LogP contribution < -0.4 is 0 Å². The minimum absolute atomic E-state index is 0.00928. The van der Waals surface area contributed by atoms with Crippen LogP contribution in [0.4, 0.5) is 0 Å². The van der Waals surface area contributed by atoms with Gasteiger partial charge in [-0.3, -0.25) is 9.78 Å². The number of ether oxygens (including phenoxy) is 1. The highest BCUT2D eigenvalue weighted by atomic mass is 16.5. The number of hydrogen-bond donors (Lipinski definition) is 0. The number of aryl methyl sites for hydroxylation is 1. The van der Waals surface area contributed by atoms with Crippen LogP contribution in [0.3, 0.4) is 0 Å². The van der Waals surface area contributed by atoms with Gasteiger partial charge in [0.1, 0.15) is 6.61 Å². The summed E-state index contributed by atoms with van der Waals surface area (Å²) in [7, 11) is 1.52. The van der Waals surface area contributed by atoms with Crippen LogP contribution in [0, 0.1) is 6.92 Å². The van der Waals surface area contributed by atoms with Crippen LogP contribution >= 0.6 is 0 Å². The fraction of sp³-hybridized carbons (Fsp3) is 0.231. The number of pyridine rings is 1. The molecule has 82 valence electrons. The number of Topliss-reactive ketones (excluding diaryl/α,β-unsaturated/α-hetero) is 1. The SMILES string of the molecule is COCC(=O)c1ccc2nc(C)ccc2c1. The number of methoxy groups -OCH3 is 1. The second-order valence-corrected chi connectivity index (χ2v) is 3.72. The van der Waals surface area contributed by atoms with Crippen molar-refractivity contribution in [2.45, 2.75) is 6.92 Å². The van der Waals surface area contributed by atoms with E-state index in [0.29, 0.717) is 5.56 Å². The van der Waals surface area contributed by atoms with E-state index in [-0.39, 0.29) is 12.4 Å². The molecule has 0 aliphatic heterocycles. The monoisotopic (exact) mass is 215 g/mol. The molecule has 0 unspecified atom stereocenters. The second kappa shape index (κ2) is 4.41. The minimum Gasteiger partial charge on any atom is -0.377 e. The molecular formula is C13H13NO2. The van der Waals surface area contributed by atoms with Crippen molar-refractivity contribution in [2.75, 3.05) is 13.7 Å². The molecule has 3 heteroatoms. The largest absolute Gasteiger partial charge is 0.377 e. The van der Waals surface area contributed by atoms with Crippen molar-refractivity contribution in [2.24, 2.45) is 0 Å². The molecule has 0 atom stereocenters. The van der Waals surface area contributed by atoms with Gasteiger partial charge >= 0.3 is 0 Å². The Bertz CT molecular complexity index is 534. The maximum Gasteiger partial charge on any atom is 0.188 e. The lowest BCUT2D eigenvalue weighted by Gasteiger charge is -2.02. The van der Waals surface area contributed by atoms with Crippen molar-refractivity contribution in [1.29, 1.82) is 0 Å². The van der Waals surface area contributed by atoms with Crippen molar-refractivity contribution in [1.82, 2.24) is 4.98 Å². The van der Waals surface area contributed by atoms with E-state index in [1.165, 1.54) is 7.11 Å². The molecule has 1 aromatic carbocycles. The van der Waals surface area contributed by atoms with Gasteiger partial charge in [0.05, 0.1) is 5.52 Å². The lowest BCUT2D eigenvalue weighted by Crippen LogP contribution is -2.06. The molecule has 0 saturated carbocycles. The van der Waals surface area contributed by atoms with Gasteiger partial charge in [0.15, 0.2) is 5.78 Å². The molecule has 2 aromatic rings. The fourth-order valence-corrected chi connectivity index (χ4v) is 1.62. The normalized spacial score (nSPS) is 10.6. The highest BCUT2D eigenvalue weighted by Gasteiger charge is 2.06. The summed E-state index contributed by atoms with van der Waals surface area (Å²) in [5.41, 5.74) is 2.55. The summed E-state index contributed by atoms with van der Waals surface area (Å²) in [5, 5.41) is 0.979. The molecule has 0 radical (unpaired) electrons. The summed E-state index contributed by atoms with van der Waals surface area (Å²) in [4.78, 5) is 16.0. The van der Waals surface area contributed by atoms with Gasteiger partial charge in [0.2, 0.25) is 0 Å². The molecule has 0 aliphatic rings. The van der Waals surface area contributed by atoms with Gasteiger partial charge in [-0.1, -0.05) is 6.07 Å². The van der Waals surface area contributed by atoms with E-state index in [1.54, 1.807) is 6.07 Å². The third-order valence-corrected chi connectivity index (χ3v) is 2.43. The zero-order valence-electron chi connectivity index (χ0n) is 9.36. The third kappa shape index (κ3) is 2.09. The van der Waals surface area contributed by atoms with Crippen LogP contribution in [0.15, 0.2) is 30.3 Å². The van der Waals surface area contributed by atoms with Gasteiger partial charge in [-0.25, -0.2) is 0 Å². The summed E-state index contributed by atoms with van der Waals surface area (Å²) >= 11 is 0. The van der Waals surface area contributed by atoms with E-state index < -0.39 is 0 Å². The molecule has 16 heavy (non-hydrogen) atoms. The second-order valence-electron chi connectivity index (χ2n) is 3.72. The minimum atomic E-state index is -0.00928. The predicted molar refractivity (Wildman–Crippen MR) is 62.7 cm³/mol. The van der Waals surface area contributed by atoms with Gasteiger partial charge in [0, 0.05) is 23.8 Å². The zero-order valence-corrected chi connectivity index (χ0v) is 9.36. The van der Waals surface area contributed by atoms with Gasteiger partial charge in [-0.05, 0) is 31.2 Å². The van der Waals surface area contributed by atoms with Crippen LogP contribution in [-0.4, -0.2) is 24.5 Å². The Hall–Kier alpha value is -1.74. The number of ketones is 1. The van der Waals surface area contributed by atoms with Crippen molar-refractivity contribution < 1.29 is 9.53 Å². The number of fused-ring (bicyclic) bond motifs is 1. The topological polar surface area (TPSA) is 39.2 Å². The Kier molecular flexibility index (Phi) is 2.97. The molecule has 0 bridgehead atoms. The lowest BCUT2D eigenvalue weighted by molar-refractivity contribution is 0.0848. The molecule has 0 fully saturated rings. The molecule has 0 spiro atoms. The van der Waals surface area contributed by atoms with E-state index in [9.17, 15) is 4.79 Å². The first kappa shape index (κ1) is 10.8. The molecular weight excluding hydrogens is 202 g/mol. The summed E-state index contributed by atoms with van der Waals surface area (Å²) in [5.74, 6) is -0.00928. The number of hydrogen-bond acceptors (Lipinski definition) is 3. The number of benzene rings is 1. The van der Waals surface area contributed by atoms with E-state index in [4.69, 9.17) is 4.74 Å². The van der Waals surface area contributed by atoms with Crippen molar-refractivity contribution in [3.63, 3.8) is 0 Å². The van der Waals surface area contributed by atoms with E-state index in [0.717, 1.165) is 16.6 Å². The highest BCUT2D eigenvalue weighted by molar-refractivity contribution is 6.00. The molecule has 0 N–H and O–H groups in total.